The molecule has 1 aliphatic heterocycles. The number of benzene rings is 3. The lowest BCUT2D eigenvalue weighted by molar-refractivity contribution is -0.387. The van der Waals surface area contributed by atoms with E-state index in [1.54, 1.807) is 43.6 Å². The number of nitro groups is 1. The van der Waals surface area contributed by atoms with Crippen LogP contribution in [0.1, 0.15) is 29.7 Å². The molecule has 3 heterocycles. The summed E-state index contributed by atoms with van der Waals surface area (Å²) < 4.78 is 7.28. The molecular weight excluding hydrogens is 599 g/mol. The molecule has 6 rings (SSSR count). The summed E-state index contributed by atoms with van der Waals surface area (Å²) in [6.45, 7) is 1.88. The van der Waals surface area contributed by atoms with E-state index in [2.05, 4.69) is 9.97 Å². The molecule has 5 aromatic rings. The summed E-state index contributed by atoms with van der Waals surface area (Å²) in [5, 5.41) is 12.4. The first-order valence-corrected chi connectivity index (χ1v) is 15.1. The number of nitrogens with zero attached hydrogens (tertiary/aromatic N) is 5. The van der Waals surface area contributed by atoms with E-state index in [0.717, 1.165) is 23.1 Å². The number of nitro benzene ring substituents is 1. The Labute approximate surface area is 258 Å². The highest BCUT2D eigenvalue weighted by Crippen LogP contribution is 2.36. The monoisotopic (exact) mass is 621 g/mol. The second-order valence-corrected chi connectivity index (χ2v) is 11.5. The molecule has 1 aliphatic rings. The summed E-state index contributed by atoms with van der Waals surface area (Å²) in [6.07, 6.45) is 4.73. The summed E-state index contributed by atoms with van der Waals surface area (Å²) in [4.78, 5) is 52.9. The lowest BCUT2D eigenvalue weighted by Gasteiger charge is -2.25. The van der Waals surface area contributed by atoms with Crippen molar-refractivity contribution in [2.45, 2.75) is 23.0 Å². The van der Waals surface area contributed by atoms with Crippen molar-refractivity contribution in [3.8, 4) is 0 Å². The number of hydrogen-bond donors (Lipinski definition) is 0. The number of ether oxygens (including phenoxy) is 1. The Morgan fingerprint density at radius 1 is 1.05 bits per heavy atom. The molecule has 1 atom stereocenters. The molecule has 0 N–H and O–H groups in total. The van der Waals surface area contributed by atoms with Crippen LogP contribution in [0.4, 0.5) is 5.69 Å². The van der Waals surface area contributed by atoms with Gasteiger partial charge in [0.15, 0.2) is 9.96 Å². The van der Waals surface area contributed by atoms with E-state index in [9.17, 15) is 19.7 Å². The Morgan fingerprint density at radius 2 is 1.75 bits per heavy atom. The van der Waals surface area contributed by atoms with E-state index < -0.39 is 16.9 Å². The molecule has 0 fully saturated rings. The molecule has 0 aliphatic carbocycles. The first kappa shape index (κ1) is 28.9. The van der Waals surface area contributed by atoms with Gasteiger partial charge in [-0.2, -0.15) is 0 Å². The number of carbonyl (C=O) groups excluding carboxylic acids is 1. The van der Waals surface area contributed by atoms with Gasteiger partial charge in [0.05, 0.1) is 38.3 Å². The second-order valence-electron chi connectivity index (χ2n) is 9.46. The van der Waals surface area contributed by atoms with E-state index in [1.807, 2.05) is 60.7 Å². The molecule has 44 heavy (non-hydrogen) atoms. The molecule has 12 heteroatoms. The predicted octanol–water partition coefficient (Wildman–Crippen LogP) is 4.79. The number of aromatic nitrogens is 3. The van der Waals surface area contributed by atoms with Crippen LogP contribution in [0, 0.1) is 10.1 Å². The number of thiazole rings is 1. The Balaban J connectivity index is 1.53. The van der Waals surface area contributed by atoms with Crippen molar-refractivity contribution in [2.75, 3.05) is 6.61 Å². The first-order valence-electron chi connectivity index (χ1n) is 13.5. The quantitative estimate of drug-likeness (QED) is 0.105. The van der Waals surface area contributed by atoms with Crippen LogP contribution in [-0.2, 0) is 9.53 Å². The van der Waals surface area contributed by atoms with Crippen molar-refractivity contribution in [1.29, 1.82) is 0 Å². The van der Waals surface area contributed by atoms with Gasteiger partial charge in [0, 0.05) is 24.0 Å². The van der Waals surface area contributed by atoms with E-state index in [1.165, 1.54) is 10.6 Å². The van der Waals surface area contributed by atoms with Gasteiger partial charge in [-0.1, -0.05) is 78.1 Å². The second kappa shape index (κ2) is 12.6. The van der Waals surface area contributed by atoms with Gasteiger partial charge in [0.25, 0.3) is 11.2 Å². The summed E-state index contributed by atoms with van der Waals surface area (Å²) in [7, 11) is 0. The van der Waals surface area contributed by atoms with Gasteiger partial charge in [-0.25, -0.2) is 19.8 Å². The third-order valence-corrected chi connectivity index (χ3v) is 8.65. The number of fused-ring (bicyclic) bond motifs is 1. The first-order chi connectivity index (χ1) is 21.4. The maximum Gasteiger partial charge on any atom is 0.338 e. The van der Waals surface area contributed by atoms with Crippen LogP contribution < -0.4 is 14.9 Å². The fourth-order valence-corrected chi connectivity index (χ4v) is 6.63. The van der Waals surface area contributed by atoms with Crippen LogP contribution in [0.15, 0.2) is 123 Å². The summed E-state index contributed by atoms with van der Waals surface area (Å²) in [5.74, 6) is -0.565. The van der Waals surface area contributed by atoms with Crippen molar-refractivity contribution in [1.82, 2.24) is 14.5 Å². The lowest BCUT2D eigenvalue weighted by atomic mass is 9.93. The normalized spacial score (nSPS) is 14.6. The molecule has 0 saturated heterocycles. The molecule has 0 unspecified atom stereocenters. The molecular formula is C32H23N5O5S2. The van der Waals surface area contributed by atoms with Crippen LogP contribution >= 0.6 is 23.1 Å². The number of hydrogen-bond acceptors (Lipinski definition) is 10. The Morgan fingerprint density at radius 3 is 2.43 bits per heavy atom. The highest BCUT2D eigenvalue weighted by molar-refractivity contribution is 7.99. The minimum Gasteiger partial charge on any atom is -0.463 e. The number of esters is 1. The minimum absolute atomic E-state index is 0.137. The van der Waals surface area contributed by atoms with E-state index in [-0.39, 0.29) is 23.4 Å². The molecule has 0 bridgehead atoms. The molecule has 0 amide bonds. The molecule has 0 saturated carbocycles. The predicted molar refractivity (Wildman–Crippen MR) is 167 cm³/mol. The van der Waals surface area contributed by atoms with Gasteiger partial charge in [-0.15, -0.1) is 0 Å². The van der Waals surface area contributed by atoms with Gasteiger partial charge in [-0.05, 0) is 48.0 Å². The van der Waals surface area contributed by atoms with Gasteiger partial charge in [-0.3, -0.25) is 19.5 Å². The Bertz CT molecular complexity index is 2080. The zero-order chi connectivity index (χ0) is 30.6. The van der Waals surface area contributed by atoms with E-state index >= 15 is 0 Å². The highest BCUT2D eigenvalue weighted by Gasteiger charge is 2.35. The zero-order valence-corrected chi connectivity index (χ0v) is 24.8. The van der Waals surface area contributed by atoms with Gasteiger partial charge < -0.3 is 4.74 Å². The summed E-state index contributed by atoms with van der Waals surface area (Å²) >= 11 is 2.23. The van der Waals surface area contributed by atoms with E-state index in [4.69, 9.17) is 9.73 Å². The number of rotatable bonds is 8. The van der Waals surface area contributed by atoms with Crippen LogP contribution in [-0.4, -0.2) is 32.0 Å². The maximum absolute atomic E-state index is 14.1. The van der Waals surface area contributed by atoms with Crippen molar-refractivity contribution in [3.63, 3.8) is 0 Å². The molecule has 218 valence electrons. The van der Waals surface area contributed by atoms with Gasteiger partial charge >= 0.3 is 5.97 Å². The largest absolute Gasteiger partial charge is 0.463 e. The van der Waals surface area contributed by atoms with Crippen molar-refractivity contribution in [2.24, 2.45) is 4.99 Å². The fourth-order valence-electron chi connectivity index (χ4n) is 4.83. The maximum atomic E-state index is 14.1. The van der Waals surface area contributed by atoms with Gasteiger partial charge in [0.1, 0.15) is 0 Å². The third kappa shape index (κ3) is 5.72. The lowest BCUT2D eigenvalue weighted by Crippen LogP contribution is -2.39. The fraction of sp³-hybridized carbons (Fsp3) is 0.0938. The Hall–Kier alpha value is -5.20. The molecule has 2 aromatic heterocycles. The summed E-state index contributed by atoms with van der Waals surface area (Å²) in [5.41, 5.74) is 2.04. The van der Waals surface area contributed by atoms with Crippen molar-refractivity contribution in [3.05, 3.63) is 149 Å². The molecule has 3 aromatic carbocycles. The SMILES string of the molecule is CCOC(=O)C1=C(c2ccccc2)N=c2s/c(=C/c3ccc(Sc4ncccn4)c([N+](=O)[O-])c3)c(=O)n2[C@@H]1c1ccccc1. The van der Waals surface area contributed by atoms with E-state index in [0.29, 0.717) is 41.8 Å². The molecule has 0 spiro atoms. The summed E-state index contributed by atoms with van der Waals surface area (Å²) in [6, 6.07) is 24.1. The van der Waals surface area contributed by atoms with Crippen LogP contribution in [0.3, 0.4) is 0 Å². The van der Waals surface area contributed by atoms with Crippen LogP contribution in [0.25, 0.3) is 11.8 Å². The molecule has 0 radical (unpaired) electrons. The molecule has 10 nitrogen and oxygen atoms in total. The third-order valence-electron chi connectivity index (χ3n) is 6.71. The van der Waals surface area contributed by atoms with Crippen LogP contribution in [0.5, 0.6) is 0 Å². The standard InChI is InChI=1S/C32H23N5O5S2/c1-2-42-30(39)26-27(21-10-5-3-6-11-21)35-32-36(28(26)22-12-7-4-8-13-22)29(38)25(44-32)19-20-14-15-24(23(18-20)37(40)41)43-31-33-16-9-17-34-31/h3-19,28H,2H2,1H3/b25-19+/t28-/m1/s1. The average molecular weight is 622 g/mol. The smallest absolute Gasteiger partial charge is 0.338 e. The minimum atomic E-state index is -0.803. The number of carbonyl (C=O) groups is 1. The average Bonchev–Trinajstić information content (AvgIpc) is 3.36. The van der Waals surface area contributed by atoms with Gasteiger partial charge in [0.2, 0.25) is 0 Å². The van der Waals surface area contributed by atoms with Crippen LogP contribution in [0.2, 0.25) is 0 Å². The zero-order valence-electron chi connectivity index (χ0n) is 23.2. The van der Waals surface area contributed by atoms with Crippen molar-refractivity contribution >= 4 is 46.5 Å². The topological polar surface area (TPSA) is 130 Å². The Kier molecular flexibility index (Phi) is 8.26. The highest BCUT2D eigenvalue weighted by atomic mass is 32.2. The van der Waals surface area contributed by atoms with Crippen molar-refractivity contribution < 1.29 is 14.5 Å².